The van der Waals surface area contributed by atoms with Crippen LogP contribution in [0.25, 0.3) is 0 Å². The average Bonchev–Trinajstić information content (AvgIpc) is 2.46. The molecule has 0 amide bonds. The van der Waals surface area contributed by atoms with Gasteiger partial charge in [-0.3, -0.25) is 4.79 Å². The fourth-order valence-corrected chi connectivity index (χ4v) is 1.50. The van der Waals surface area contributed by atoms with Gasteiger partial charge in [-0.25, -0.2) is 0 Å². The van der Waals surface area contributed by atoms with E-state index >= 15 is 0 Å². The van der Waals surface area contributed by atoms with Gasteiger partial charge in [0.1, 0.15) is 31.0 Å². The molecule has 0 saturated carbocycles. The van der Waals surface area contributed by atoms with Crippen molar-refractivity contribution in [2.24, 2.45) is 5.73 Å². The highest BCUT2D eigenvalue weighted by molar-refractivity contribution is 5.69. The summed E-state index contributed by atoms with van der Waals surface area (Å²) in [6, 6.07) is 0. The largest absolute Gasteiger partial charge is 0.463 e. The van der Waals surface area contributed by atoms with E-state index in [1.165, 1.54) is 0 Å². The Labute approximate surface area is 117 Å². The third-order valence-electron chi connectivity index (χ3n) is 2.83. The number of rotatable bonds is 11. The van der Waals surface area contributed by atoms with Gasteiger partial charge >= 0.3 is 5.97 Å². The van der Waals surface area contributed by atoms with Crippen LogP contribution in [-0.2, 0) is 9.53 Å². The van der Waals surface area contributed by atoms with Gasteiger partial charge in [0.25, 0.3) is 0 Å². The molecule has 0 heterocycles. The Morgan fingerprint density at radius 3 is 2.15 bits per heavy atom. The lowest BCUT2D eigenvalue weighted by atomic mass is 10.0. The smallest absolute Gasteiger partial charge is 0.305 e. The highest BCUT2D eigenvalue weighted by Crippen LogP contribution is 2.07. The van der Waals surface area contributed by atoms with Gasteiger partial charge in [-0.15, -0.1) is 0 Å². The molecule has 8 heteroatoms. The molecule has 0 bridgehead atoms. The van der Waals surface area contributed by atoms with Gasteiger partial charge in [-0.05, 0) is 19.4 Å². The number of ether oxygens (including phenoxy) is 1. The zero-order valence-electron chi connectivity index (χ0n) is 11.4. The second kappa shape index (κ2) is 11.0. The standard InChI is InChI=1S/C12H25NO7/c13-5-3-1-2-4-10(17)20-7-9(16)12(19)11(18)8(15)6-14/h8-9,11-12,14-16,18-19H,1-7,13H2/t8-,9+,11-,12-/m1/s1. The summed E-state index contributed by atoms with van der Waals surface area (Å²) in [5.41, 5.74) is 5.30. The fraction of sp³-hybridized carbons (Fsp3) is 0.917. The monoisotopic (exact) mass is 295 g/mol. The topological polar surface area (TPSA) is 153 Å². The van der Waals surface area contributed by atoms with E-state index in [1.807, 2.05) is 0 Å². The Balaban J connectivity index is 3.90. The molecule has 0 spiro atoms. The number of unbranched alkanes of at least 4 members (excludes halogenated alkanes) is 2. The number of hydrogen-bond acceptors (Lipinski definition) is 8. The van der Waals surface area contributed by atoms with E-state index in [2.05, 4.69) is 0 Å². The Morgan fingerprint density at radius 1 is 1.00 bits per heavy atom. The normalized spacial score (nSPS) is 17.3. The van der Waals surface area contributed by atoms with E-state index in [0.717, 1.165) is 12.8 Å². The highest BCUT2D eigenvalue weighted by atomic mass is 16.5. The fourth-order valence-electron chi connectivity index (χ4n) is 1.50. The zero-order chi connectivity index (χ0) is 15.5. The molecule has 0 aliphatic carbocycles. The van der Waals surface area contributed by atoms with E-state index in [-0.39, 0.29) is 6.42 Å². The van der Waals surface area contributed by atoms with Gasteiger partial charge in [0.2, 0.25) is 0 Å². The van der Waals surface area contributed by atoms with E-state index < -0.39 is 43.6 Å². The number of aliphatic hydroxyl groups is 5. The van der Waals surface area contributed by atoms with Crippen LogP contribution in [0.1, 0.15) is 25.7 Å². The molecule has 0 unspecified atom stereocenters. The minimum atomic E-state index is -1.72. The second-order valence-electron chi connectivity index (χ2n) is 4.58. The first-order valence-corrected chi connectivity index (χ1v) is 6.62. The summed E-state index contributed by atoms with van der Waals surface area (Å²) in [7, 11) is 0. The summed E-state index contributed by atoms with van der Waals surface area (Å²) >= 11 is 0. The van der Waals surface area contributed by atoms with Crippen LogP contribution in [0.15, 0.2) is 0 Å². The summed E-state index contributed by atoms with van der Waals surface area (Å²) < 4.78 is 4.73. The Kier molecular flexibility index (Phi) is 10.5. The molecular formula is C12H25NO7. The van der Waals surface area contributed by atoms with Gasteiger partial charge < -0.3 is 36.0 Å². The van der Waals surface area contributed by atoms with Gasteiger partial charge in [0.05, 0.1) is 6.61 Å². The molecule has 0 aromatic heterocycles. The van der Waals surface area contributed by atoms with Crippen molar-refractivity contribution in [2.45, 2.75) is 50.1 Å². The number of carbonyl (C=O) groups excluding carboxylic acids is 1. The maximum atomic E-state index is 11.3. The van der Waals surface area contributed by atoms with Crippen LogP contribution in [0.2, 0.25) is 0 Å². The number of esters is 1. The van der Waals surface area contributed by atoms with Gasteiger partial charge in [0.15, 0.2) is 0 Å². The molecule has 0 fully saturated rings. The van der Waals surface area contributed by atoms with Crippen molar-refractivity contribution < 1.29 is 35.1 Å². The first kappa shape index (κ1) is 19.2. The summed E-state index contributed by atoms with van der Waals surface area (Å²) in [6.07, 6.45) is -4.13. The molecule has 0 radical (unpaired) electrons. The summed E-state index contributed by atoms with van der Waals surface area (Å²) in [4.78, 5) is 11.3. The van der Waals surface area contributed by atoms with E-state index in [0.29, 0.717) is 13.0 Å². The first-order valence-electron chi connectivity index (χ1n) is 6.62. The van der Waals surface area contributed by atoms with Crippen molar-refractivity contribution in [3.63, 3.8) is 0 Å². The highest BCUT2D eigenvalue weighted by Gasteiger charge is 2.30. The maximum Gasteiger partial charge on any atom is 0.305 e. The lowest BCUT2D eigenvalue weighted by molar-refractivity contribution is -0.156. The third kappa shape index (κ3) is 7.73. The maximum absolute atomic E-state index is 11.3. The molecule has 0 aromatic carbocycles. The van der Waals surface area contributed by atoms with Crippen molar-refractivity contribution in [1.29, 1.82) is 0 Å². The predicted octanol–water partition coefficient (Wildman–Crippen LogP) is -2.52. The molecule has 0 aliphatic rings. The first-order chi connectivity index (χ1) is 9.43. The van der Waals surface area contributed by atoms with Crippen molar-refractivity contribution in [1.82, 2.24) is 0 Å². The Bertz CT molecular complexity index is 264. The van der Waals surface area contributed by atoms with Crippen LogP contribution >= 0.6 is 0 Å². The number of carbonyl (C=O) groups is 1. The van der Waals surface area contributed by atoms with Crippen LogP contribution in [0.3, 0.4) is 0 Å². The lowest BCUT2D eigenvalue weighted by Gasteiger charge is -2.25. The van der Waals surface area contributed by atoms with Gasteiger partial charge in [-0.1, -0.05) is 6.42 Å². The van der Waals surface area contributed by atoms with Crippen molar-refractivity contribution in [3.05, 3.63) is 0 Å². The van der Waals surface area contributed by atoms with Crippen molar-refractivity contribution in [2.75, 3.05) is 19.8 Å². The van der Waals surface area contributed by atoms with E-state index in [4.69, 9.17) is 20.7 Å². The van der Waals surface area contributed by atoms with Crippen molar-refractivity contribution in [3.8, 4) is 0 Å². The predicted molar refractivity (Wildman–Crippen MR) is 69.6 cm³/mol. The number of aliphatic hydroxyl groups excluding tert-OH is 5. The minimum absolute atomic E-state index is 0.185. The summed E-state index contributed by atoms with van der Waals surface area (Å²) in [5, 5.41) is 46.0. The molecule has 120 valence electrons. The van der Waals surface area contributed by atoms with E-state index in [9.17, 15) is 20.1 Å². The molecule has 0 aliphatic heterocycles. The van der Waals surface area contributed by atoms with Crippen molar-refractivity contribution >= 4 is 5.97 Å². The molecule has 7 N–H and O–H groups in total. The summed E-state index contributed by atoms with van der Waals surface area (Å²) in [6.45, 7) is -0.691. The molecule has 0 saturated heterocycles. The van der Waals surface area contributed by atoms with Gasteiger partial charge in [-0.2, -0.15) is 0 Å². The zero-order valence-corrected chi connectivity index (χ0v) is 11.4. The molecule has 4 atom stereocenters. The SMILES string of the molecule is NCCCCCC(=O)OC[C@H](O)[C@@H](O)[C@H](O)[C@H](O)CO. The quantitative estimate of drug-likeness (QED) is 0.180. The Morgan fingerprint density at radius 2 is 1.60 bits per heavy atom. The molecule has 8 nitrogen and oxygen atoms in total. The number of nitrogens with two attached hydrogens (primary N) is 1. The van der Waals surface area contributed by atoms with Crippen LogP contribution in [0.4, 0.5) is 0 Å². The summed E-state index contributed by atoms with van der Waals surface area (Å²) in [5.74, 6) is -0.523. The van der Waals surface area contributed by atoms with Crippen LogP contribution < -0.4 is 5.73 Å². The Hall–Kier alpha value is -0.770. The van der Waals surface area contributed by atoms with Crippen LogP contribution in [-0.4, -0.2) is 75.7 Å². The van der Waals surface area contributed by atoms with Gasteiger partial charge in [0, 0.05) is 6.42 Å². The number of hydrogen-bond donors (Lipinski definition) is 6. The van der Waals surface area contributed by atoms with Crippen LogP contribution in [0, 0.1) is 0 Å². The second-order valence-corrected chi connectivity index (χ2v) is 4.58. The molecular weight excluding hydrogens is 270 g/mol. The molecule has 20 heavy (non-hydrogen) atoms. The third-order valence-corrected chi connectivity index (χ3v) is 2.83. The lowest BCUT2D eigenvalue weighted by Crippen LogP contribution is -2.47. The van der Waals surface area contributed by atoms with E-state index in [1.54, 1.807) is 0 Å². The molecule has 0 aromatic rings. The van der Waals surface area contributed by atoms with Crippen LogP contribution in [0.5, 0.6) is 0 Å². The molecule has 0 rings (SSSR count). The average molecular weight is 295 g/mol. The minimum Gasteiger partial charge on any atom is -0.463 e.